The number of hydrogen-bond donors (Lipinski definition) is 1. The zero-order valence-electron chi connectivity index (χ0n) is 6.06. The molecule has 0 saturated heterocycles. The molecule has 0 heterocycles. The van der Waals surface area contributed by atoms with Crippen molar-refractivity contribution in [2.24, 2.45) is 17.1 Å². The van der Waals surface area contributed by atoms with E-state index in [0.29, 0.717) is 11.5 Å². The van der Waals surface area contributed by atoms with Crippen molar-refractivity contribution in [1.29, 1.82) is 0 Å². The van der Waals surface area contributed by atoms with Crippen LogP contribution in [0.4, 0.5) is 0 Å². The van der Waals surface area contributed by atoms with E-state index in [1.807, 2.05) is 0 Å². The summed E-state index contributed by atoms with van der Waals surface area (Å²) in [6.07, 6.45) is 5.74. The lowest BCUT2D eigenvalue weighted by Gasteiger charge is -2.17. The van der Waals surface area contributed by atoms with Gasteiger partial charge in [0.2, 0.25) is 0 Å². The van der Waals surface area contributed by atoms with Crippen LogP contribution in [0.3, 0.4) is 0 Å². The molecule has 0 radical (unpaired) electrons. The molecule has 0 aromatic rings. The van der Waals surface area contributed by atoms with E-state index in [9.17, 15) is 0 Å². The van der Waals surface area contributed by atoms with Crippen molar-refractivity contribution in [3.63, 3.8) is 0 Å². The Bertz CT molecular complexity index is 117. The van der Waals surface area contributed by atoms with Gasteiger partial charge in [-0.15, -0.1) is 0 Å². The van der Waals surface area contributed by atoms with Gasteiger partial charge in [-0.05, 0) is 43.9 Å². The minimum atomic E-state index is 0.463. The number of nitrogens with two attached hydrogens (primary N) is 1. The van der Waals surface area contributed by atoms with Crippen molar-refractivity contribution in [3.05, 3.63) is 0 Å². The van der Waals surface area contributed by atoms with Crippen LogP contribution in [-0.2, 0) is 0 Å². The third-order valence-electron chi connectivity index (χ3n) is 3.12. The van der Waals surface area contributed by atoms with Crippen molar-refractivity contribution in [2.45, 2.75) is 38.6 Å². The van der Waals surface area contributed by atoms with E-state index in [-0.39, 0.29) is 0 Å². The standard InChI is InChI=1S/C8H15N/c1-6(9)8(4-5-8)7-2-3-7/h6-7H,2-5,9H2,1H3. The zero-order chi connectivity index (χ0) is 6.48. The van der Waals surface area contributed by atoms with E-state index in [1.165, 1.54) is 25.7 Å². The Balaban J connectivity index is 2.04. The molecule has 0 aromatic carbocycles. The van der Waals surface area contributed by atoms with Gasteiger partial charge in [-0.1, -0.05) is 0 Å². The van der Waals surface area contributed by atoms with Gasteiger partial charge < -0.3 is 5.73 Å². The van der Waals surface area contributed by atoms with Crippen LogP contribution in [0, 0.1) is 11.3 Å². The predicted molar refractivity (Wildman–Crippen MR) is 38.0 cm³/mol. The first-order valence-electron chi connectivity index (χ1n) is 4.01. The van der Waals surface area contributed by atoms with Crippen LogP contribution < -0.4 is 5.73 Å². The monoisotopic (exact) mass is 125 g/mol. The van der Waals surface area contributed by atoms with E-state index >= 15 is 0 Å². The summed E-state index contributed by atoms with van der Waals surface area (Å²) in [6, 6.07) is 0.463. The van der Waals surface area contributed by atoms with Gasteiger partial charge in [0.05, 0.1) is 0 Å². The summed E-state index contributed by atoms with van der Waals surface area (Å²) in [7, 11) is 0. The highest BCUT2D eigenvalue weighted by Gasteiger charge is 2.55. The van der Waals surface area contributed by atoms with Gasteiger partial charge in [0.25, 0.3) is 0 Å². The quantitative estimate of drug-likeness (QED) is 0.595. The molecule has 2 saturated carbocycles. The second-order valence-corrected chi connectivity index (χ2v) is 3.80. The Hall–Kier alpha value is -0.0400. The Kier molecular flexibility index (Phi) is 0.963. The highest BCUT2D eigenvalue weighted by Crippen LogP contribution is 2.62. The van der Waals surface area contributed by atoms with Crippen LogP contribution in [0.5, 0.6) is 0 Å². The maximum atomic E-state index is 5.87. The molecule has 0 aromatic heterocycles. The van der Waals surface area contributed by atoms with Gasteiger partial charge >= 0.3 is 0 Å². The van der Waals surface area contributed by atoms with Crippen LogP contribution in [0.25, 0.3) is 0 Å². The SMILES string of the molecule is CC(N)C1(C2CC2)CC1. The Morgan fingerprint density at radius 2 is 2.00 bits per heavy atom. The normalized spacial score (nSPS) is 34.0. The average Bonchev–Trinajstić information content (AvgIpc) is 2.61. The van der Waals surface area contributed by atoms with Gasteiger partial charge in [0.15, 0.2) is 0 Å². The van der Waals surface area contributed by atoms with E-state index in [2.05, 4.69) is 6.92 Å². The van der Waals surface area contributed by atoms with Crippen molar-refractivity contribution >= 4 is 0 Å². The fraction of sp³-hybridized carbons (Fsp3) is 1.00. The van der Waals surface area contributed by atoms with Crippen LogP contribution in [-0.4, -0.2) is 6.04 Å². The lowest BCUT2D eigenvalue weighted by atomic mass is 9.93. The molecule has 0 bridgehead atoms. The zero-order valence-corrected chi connectivity index (χ0v) is 6.06. The summed E-state index contributed by atoms with van der Waals surface area (Å²) < 4.78 is 0. The molecular formula is C8H15N. The Morgan fingerprint density at radius 3 is 2.11 bits per heavy atom. The molecule has 1 unspecified atom stereocenters. The molecular weight excluding hydrogens is 110 g/mol. The van der Waals surface area contributed by atoms with E-state index in [4.69, 9.17) is 5.73 Å². The van der Waals surface area contributed by atoms with Gasteiger partial charge in [-0.2, -0.15) is 0 Å². The van der Waals surface area contributed by atoms with Crippen LogP contribution >= 0.6 is 0 Å². The van der Waals surface area contributed by atoms with E-state index < -0.39 is 0 Å². The van der Waals surface area contributed by atoms with Crippen LogP contribution in [0.2, 0.25) is 0 Å². The predicted octanol–water partition coefficient (Wildman–Crippen LogP) is 1.52. The first-order valence-corrected chi connectivity index (χ1v) is 4.01. The molecule has 2 N–H and O–H groups in total. The Morgan fingerprint density at radius 1 is 1.44 bits per heavy atom. The highest BCUT2D eigenvalue weighted by molar-refractivity contribution is 5.07. The van der Waals surface area contributed by atoms with Gasteiger partial charge in [-0.3, -0.25) is 0 Å². The third-order valence-corrected chi connectivity index (χ3v) is 3.12. The third kappa shape index (κ3) is 0.710. The molecule has 0 aliphatic heterocycles. The summed E-state index contributed by atoms with van der Waals surface area (Å²) in [5.74, 6) is 1.03. The molecule has 0 spiro atoms. The van der Waals surface area contributed by atoms with Crippen LogP contribution in [0.1, 0.15) is 32.6 Å². The topological polar surface area (TPSA) is 26.0 Å². The van der Waals surface area contributed by atoms with E-state index in [0.717, 1.165) is 5.92 Å². The summed E-state index contributed by atoms with van der Waals surface area (Å²) in [5, 5.41) is 0. The Labute approximate surface area is 56.6 Å². The smallest absolute Gasteiger partial charge is 0.00696 e. The average molecular weight is 125 g/mol. The van der Waals surface area contributed by atoms with Crippen molar-refractivity contribution in [3.8, 4) is 0 Å². The molecule has 2 rings (SSSR count). The van der Waals surface area contributed by atoms with Gasteiger partial charge in [0.1, 0.15) is 0 Å². The maximum absolute atomic E-state index is 5.87. The second-order valence-electron chi connectivity index (χ2n) is 3.80. The number of rotatable bonds is 2. The fourth-order valence-electron chi connectivity index (χ4n) is 2.04. The maximum Gasteiger partial charge on any atom is 0.00696 e. The second kappa shape index (κ2) is 1.51. The summed E-state index contributed by atoms with van der Waals surface area (Å²) in [4.78, 5) is 0. The van der Waals surface area contributed by atoms with Crippen molar-refractivity contribution in [1.82, 2.24) is 0 Å². The first-order chi connectivity index (χ1) is 4.26. The van der Waals surface area contributed by atoms with Crippen LogP contribution in [0.15, 0.2) is 0 Å². The summed E-state index contributed by atoms with van der Waals surface area (Å²) in [5.41, 5.74) is 6.51. The lowest BCUT2D eigenvalue weighted by molar-refractivity contribution is 0.367. The van der Waals surface area contributed by atoms with Gasteiger partial charge in [-0.25, -0.2) is 0 Å². The fourth-order valence-corrected chi connectivity index (χ4v) is 2.04. The minimum Gasteiger partial charge on any atom is -0.327 e. The molecule has 9 heavy (non-hydrogen) atoms. The van der Waals surface area contributed by atoms with Crippen molar-refractivity contribution < 1.29 is 0 Å². The highest BCUT2D eigenvalue weighted by atomic mass is 14.8. The number of hydrogen-bond acceptors (Lipinski definition) is 1. The molecule has 1 atom stereocenters. The molecule has 2 aliphatic carbocycles. The molecule has 2 aliphatic rings. The molecule has 0 amide bonds. The summed E-state index contributed by atoms with van der Waals surface area (Å²) in [6.45, 7) is 2.17. The minimum absolute atomic E-state index is 0.463. The van der Waals surface area contributed by atoms with Gasteiger partial charge in [0, 0.05) is 6.04 Å². The largest absolute Gasteiger partial charge is 0.327 e. The lowest BCUT2D eigenvalue weighted by Crippen LogP contribution is -2.29. The summed E-state index contributed by atoms with van der Waals surface area (Å²) >= 11 is 0. The van der Waals surface area contributed by atoms with Crippen molar-refractivity contribution in [2.75, 3.05) is 0 Å². The van der Waals surface area contributed by atoms with E-state index in [1.54, 1.807) is 0 Å². The molecule has 2 fully saturated rings. The first kappa shape index (κ1) is 5.72. The molecule has 1 heteroatoms. The molecule has 52 valence electrons. The molecule has 1 nitrogen and oxygen atoms in total.